The number of hydrogen-bond donors (Lipinski definition) is 1. The molecule has 0 amide bonds. The van der Waals surface area contributed by atoms with Gasteiger partial charge in [-0.3, -0.25) is 0 Å². The van der Waals surface area contributed by atoms with Crippen molar-refractivity contribution in [2.24, 2.45) is 11.3 Å². The van der Waals surface area contributed by atoms with Gasteiger partial charge in [-0.05, 0) is 55.9 Å². The zero-order valence-corrected chi connectivity index (χ0v) is 10.8. The highest BCUT2D eigenvalue weighted by molar-refractivity contribution is 5.27. The third-order valence-corrected chi connectivity index (χ3v) is 5.07. The minimum atomic E-state index is -0.627. The number of allylic oxidation sites excluding steroid dienone is 2. The zero-order valence-electron chi connectivity index (χ0n) is 10.8. The third kappa shape index (κ3) is 1.66. The summed E-state index contributed by atoms with van der Waals surface area (Å²) in [6.07, 6.45) is 7.66. The molecule has 16 heavy (non-hydrogen) atoms. The van der Waals surface area contributed by atoms with Crippen LogP contribution in [-0.2, 0) is 0 Å². The molecule has 1 heteroatoms. The fourth-order valence-electron chi connectivity index (χ4n) is 3.45. The highest BCUT2D eigenvalue weighted by atomic mass is 16.3. The molecule has 0 heterocycles. The maximum atomic E-state index is 10.6. The van der Waals surface area contributed by atoms with Crippen molar-refractivity contribution in [3.8, 4) is 0 Å². The van der Waals surface area contributed by atoms with Crippen molar-refractivity contribution in [2.75, 3.05) is 0 Å². The Bertz CT molecular complexity index is 341. The van der Waals surface area contributed by atoms with E-state index in [0.29, 0.717) is 5.92 Å². The first-order chi connectivity index (χ1) is 7.38. The average molecular weight is 220 g/mol. The molecule has 0 saturated heterocycles. The SMILES string of the molecule is C=C(C)[C@]1(O)CCC2=CCC[C@H](C)[C@@]2(C)C1. The molecule has 0 aromatic rings. The minimum absolute atomic E-state index is 0.199. The van der Waals surface area contributed by atoms with E-state index in [1.165, 1.54) is 12.8 Å². The predicted molar refractivity (Wildman–Crippen MR) is 68.2 cm³/mol. The van der Waals surface area contributed by atoms with Crippen LogP contribution in [0.5, 0.6) is 0 Å². The van der Waals surface area contributed by atoms with Gasteiger partial charge in [0.2, 0.25) is 0 Å². The van der Waals surface area contributed by atoms with E-state index in [-0.39, 0.29) is 5.41 Å². The first kappa shape index (κ1) is 11.9. The lowest BCUT2D eigenvalue weighted by molar-refractivity contribution is -0.0118. The van der Waals surface area contributed by atoms with E-state index < -0.39 is 5.60 Å². The number of aliphatic hydroxyl groups is 1. The predicted octanol–water partition coefficient (Wildman–Crippen LogP) is 3.84. The van der Waals surface area contributed by atoms with Crippen LogP contribution < -0.4 is 0 Å². The molecule has 0 spiro atoms. The third-order valence-electron chi connectivity index (χ3n) is 5.07. The maximum absolute atomic E-state index is 10.6. The molecule has 90 valence electrons. The summed E-state index contributed by atoms with van der Waals surface area (Å²) in [4.78, 5) is 0. The highest BCUT2D eigenvalue weighted by Gasteiger charge is 2.47. The second kappa shape index (κ2) is 3.73. The van der Waals surface area contributed by atoms with Gasteiger partial charge in [-0.2, -0.15) is 0 Å². The first-order valence-corrected chi connectivity index (χ1v) is 6.46. The van der Waals surface area contributed by atoms with E-state index in [9.17, 15) is 5.11 Å². The van der Waals surface area contributed by atoms with Crippen LogP contribution in [0.2, 0.25) is 0 Å². The summed E-state index contributed by atoms with van der Waals surface area (Å²) in [7, 11) is 0. The summed E-state index contributed by atoms with van der Waals surface area (Å²) >= 11 is 0. The van der Waals surface area contributed by atoms with E-state index >= 15 is 0 Å². The average Bonchev–Trinajstić information content (AvgIpc) is 2.20. The van der Waals surface area contributed by atoms with Crippen molar-refractivity contribution < 1.29 is 5.11 Å². The molecular weight excluding hydrogens is 196 g/mol. The Morgan fingerprint density at radius 2 is 2.25 bits per heavy atom. The fraction of sp³-hybridized carbons (Fsp3) is 0.733. The lowest BCUT2D eigenvalue weighted by Gasteiger charge is -2.50. The topological polar surface area (TPSA) is 20.2 Å². The number of rotatable bonds is 1. The Labute approximate surface area is 99.3 Å². The summed E-state index contributed by atoms with van der Waals surface area (Å²) in [5.41, 5.74) is 2.09. The van der Waals surface area contributed by atoms with Crippen molar-refractivity contribution in [2.45, 2.75) is 58.5 Å². The second-order valence-corrected chi connectivity index (χ2v) is 6.11. The highest BCUT2D eigenvalue weighted by Crippen LogP contribution is 2.54. The van der Waals surface area contributed by atoms with Crippen LogP contribution in [-0.4, -0.2) is 10.7 Å². The fourth-order valence-corrected chi connectivity index (χ4v) is 3.45. The molecular formula is C15H24O. The summed E-state index contributed by atoms with van der Waals surface area (Å²) < 4.78 is 0. The Hall–Kier alpha value is -0.560. The molecule has 0 radical (unpaired) electrons. The van der Waals surface area contributed by atoms with Gasteiger partial charge < -0.3 is 5.11 Å². The Balaban J connectivity index is 2.33. The molecule has 2 aliphatic rings. The molecule has 0 bridgehead atoms. The van der Waals surface area contributed by atoms with Crippen LogP contribution in [0.15, 0.2) is 23.8 Å². The summed E-state index contributed by atoms with van der Waals surface area (Å²) in [6, 6.07) is 0. The van der Waals surface area contributed by atoms with Crippen LogP contribution in [0.25, 0.3) is 0 Å². The number of hydrogen-bond acceptors (Lipinski definition) is 1. The molecule has 1 nitrogen and oxygen atoms in total. The van der Waals surface area contributed by atoms with Crippen molar-refractivity contribution in [3.05, 3.63) is 23.8 Å². The maximum Gasteiger partial charge on any atom is 0.0862 e. The molecule has 2 rings (SSSR count). The van der Waals surface area contributed by atoms with Gasteiger partial charge in [-0.15, -0.1) is 0 Å². The molecule has 0 unspecified atom stereocenters. The Morgan fingerprint density at radius 3 is 2.88 bits per heavy atom. The van der Waals surface area contributed by atoms with Crippen LogP contribution in [0.3, 0.4) is 0 Å². The molecule has 1 fully saturated rings. The summed E-state index contributed by atoms with van der Waals surface area (Å²) in [5.74, 6) is 0.679. The molecule has 2 aliphatic carbocycles. The normalized spacial score (nSPS) is 43.5. The summed E-state index contributed by atoms with van der Waals surface area (Å²) in [6.45, 7) is 10.6. The standard InChI is InChI=1S/C15H24O/c1-11(2)15(16)9-8-13-7-5-6-12(3)14(13,4)10-15/h7,12,16H,1,5-6,8-10H2,2-4H3/t12-,14+,15-/m0/s1. The molecule has 0 aliphatic heterocycles. The van der Waals surface area contributed by atoms with Crippen molar-refractivity contribution in [3.63, 3.8) is 0 Å². The lowest BCUT2D eigenvalue weighted by atomic mass is 9.56. The van der Waals surface area contributed by atoms with E-state index in [1.54, 1.807) is 5.57 Å². The smallest absolute Gasteiger partial charge is 0.0862 e. The van der Waals surface area contributed by atoms with Gasteiger partial charge in [0.05, 0.1) is 5.60 Å². The van der Waals surface area contributed by atoms with Gasteiger partial charge in [0.15, 0.2) is 0 Å². The summed E-state index contributed by atoms with van der Waals surface area (Å²) in [5, 5.41) is 10.6. The van der Waals surface area contributed by atoms with Crippen molar-refractivity contribution in [1.29, 1.82) is 0 Å². The molecule has 3 atom stereocenters. The van der Waals surface area contributed by atoms with E-state index in [0.717, 1.165) is 24.8 Å². The van der Waals surface area contributed by atoms with Crippen LogP contribution in [0, 0.1) is 11.3 Å². The quantitative estimate of drug-likeness (QED) is 0.666. The van der Waals surface area contributed by atoms with Gasteiger partial charge in [0, 0.05) is 0 Å². The first-order valence-electron chi connectivity index (χ1n) is 6.46. The van der Waals surface area contributed by atoms with Gasteiger partial charge in [-0.1, -0.05) is 32.1 Å². The largest absolute Gasteiger partial charge is 0.385 e. The van der Waals surface area contributed by atoms with E-state index in [4.69, 9.17) is 0 Å². The van der Waals surface area contributed by atoms with Gasteiger partial charge >= 0.3 is 0 Å². The number of fused-ring (bicyclic) bond motifs is 1. The zero-order chi connectivity index (χ0) is 12.0. The van der Waals surface area contributed by atoms with Crippen LogP contribution in [0.4, 0.5) is 0 Å². The molecule has 0 aromatic carbocycles. The Kier molecular flexibility index (Phi) is 2.78. The van der Waals surface area contributed by atoms with Gasteiger partial charge in [0.25, 0.3) is 0 Å². The Morgan fingerprint density at radius 1 is 1.56 bits per heavy atom. The molecule has 1 N–H and O–H groups in total. The lowest BCUT2D eigenvalue weighted by Crippen LogP contribution is -2.46. The monoisotopic (exact) mass is 220 g/mol. The van der Waals surface area contributed by atoms with E-state index in [2.05, 4.69) is 26.5 Å². The van der Waals surface area contributed by atoms with Crippen LogP contribution in [0.1, 0.15) is 52.9 Å². The van der Waals surface area contributed by atoms with Gasteiger partial charge in [-0.25, -0.2) is 0 Å². The minimum Gasteiger partial charge on any atom is -0.385 e. The second-order valence-electron chi connectivity index (χ2n) is 6.11. The van der Waals surface area contributed by atoms with Crippen molar-refractivity contribution in [1.82, 2.24) is 0 Å². The van der Waals surface area contributed by atoms with E-state index in [1.807, 2.05) is 6.92 Å². The molecule has 0 aromatic heterocycles. The molecule has 1 saturated carbocycles. The van der Waals surface area contributed by atoms with Gasteiger partial charge in [0.1, 0.15) is 0 Å². The van der Waals surface area contributed by atoms with Crippen LogP contribution >= 0.6 is 0 Å². The van der Waals surface area contributed by atoms with Crippen molar-refractivity contribution >= 4 is 0 Å².